The Morgan fingerprint density at radius 2 is 1.73 bits per heavy atom. The summed E-state index contributed by atoms with van der Waals surface area (Å²) in [7, 11) is 1.56. The first-order chi connectivity index (χ1) is 19.2. The van der Waals surface area contributed by atoms with Crippen molar-refractivity contribution in [3.8, 4) is 5.75 Å². The van der Waals surface area contributed by atoms with Crippen LogP contribution in [0.3, 0.4) is 0 Å². The number of methoxy groups -OCH3 is 1. The minimum absolute atomic E-state index is 0.133. The molecule has 2 N–H and O–H groups in total. The summed E-state index contributed by atoms with van der Waals surface area (Å²) in [6, 6.07) is 15.2. The average molecular weight is 566 g/mol. The van der Waals surface area contributed by atoms with Crippen molar-refractivity contribution < 1.29 is 38.6 Å². The summed E-state index contributed by atoms with van der Waals surface area (Å²) in [5, 5.41) is 11.8. The lowest BCUT2D eigenvalue weighted by Crippen LogP contribution is -2.71. The molecule has 2 unspecified atom stereocenters. The van der Waals surface area contributed by atoms with Crippen molar-refractivity contribution in [2.75, 3.05) is 24.4 Å². The van der Waals surface area contributed by atoms with Gasteiger partial charge >= 0.3 is 11.9 Å². The number of benzene rings is 2. The van der Waals surface area contributed by atoms with Crippen molar-refractivity contribution in [1.82, 2.24) is 10.2 Å². The lowest BCUT2D eigenvalue weighted by molar-refractivity contribution is -0.151. The third kappa shape index (κ3) is 4.90. The van der Waals surface area contributed by atoms with Crippen LogP contribution in [0.1, 0.15) is 24.9 Å². The summed E-state index contributed by atoms with van der Waals surface area (Å²) in [4.78, 5) is 65.2. The molecular weight excluding hydrogens is 538 g/mol. The Kier molecular flexibility index (Phi) is 7.53. The van der Waals surface area contributed by atoms with E-state index in [-0.39, 0.29) is 36.4 Å². The normalized spacial score (nSPS) is 23.6. The highest BCUT2D eigenvalue weighted by molar-refractivity contribution is 8.00. The smallest absolute Gasteiger partial charge is 0.352 e. The Hall–Kier alpha value is -4.32. The number of hydrogen-bond donors (Lipinski definition) is 2. The molecule has 2 saturated heterocycles. The van der Waals surface area contributed by atoms with Crippen LogP contribution in [0, 0.1) is 5.92 Å². The number of ether oxygens (including phenoxy) is 2. The van der Waals surface area contributed by atoms with Crippen LogP contribution in [0.4, 0.5) is 5.69 Å². The number of nitrogens with zero attached hydrogens (tertiary/aromatic N) is 2. The molecule has 11 nitrogen and oxygen atoms in total. The molecule has 0 aliphatic carbocycles. The summed E-state index contributed by atoms with van der Waals surface area (Å²) >= 11 is 1.28. The predicted molar refractivity (Wildman–Crippen MR) is 144 cm³/mol. The quantitative estimate of drug-likeness (QED) is 0.345. The van der Waals surface area contributed by atoms with Gasteiger partial charge in [-0.25, -0.2) is 4.79 Å². The van der Waals surface area contributed by atoms with Gasteiger partial charge in [0.15, 0.2) is 0 Å². The predicted octanol–water partition coefficient (Wildman–Crippen LogP) is 2.09. The van der Waals surface area contributed by atoms with E-state index in [0.29, 0.717) is 17.0 Å². The van der Waals surface area contributed by atoms with E-state index in [1.807, 2.05) is 30.3 Å². The molecule has 40 heavy (non-hydrogen) atoms. The third-order valence-corrected chi connectivity index (χ3v) is 8.47. The van der Waals surface area contributed by atoms with Crippen molar-refractivity contribution in [3.63, 3.8) is 0 Å². The molecule has 5 rings (SSSR count). The largest absolute Gasteiger partial charge is 0.497 e. The van der Waals surface area contributed by atoms with E-state index in [1.54, 1.807) is 36.3 Å². The summed E-state index contributed by atoms with van der Waals surface area (Å²) < 4.78 is 10.2. The molecule has 12 heteroatoms. The second kappa shape index (κ2) is 11.0. The Bertz CT molecular complexity index is 1390. The zero-order chi connectivity index (χ0) is 28.6. The van der Waals surface area contributed by atoms with Crippen LogP contribution in [0.2, 0.25) is 0 Å². The molecule has 0 saturated carbocycles. The van der Waals surface area contributed by atoms with Gasteiger partial charge in [0.1, 0.15) is 29.5 Å². The number of amides is 3. The molecular formula is C28H27N3O8S. The fraction of sp³-hybridized carbons (Fsp3) is 0.321. The van der Waals surface area contributed by atoms with Gasteiger partial charge in [-0.15, -0.1) is 11.8 Å². The SMILES string of the molecule is COc1ccc(N2C(=O)C(CC(=O)N[C@@H]3C(=O)N4C(C(=O)O)=C(COC(C)=O)CS[C@H]34)C2c2ccccc2)cc1. The van der Waals surface area contributed by atoms with Gasteiger partial charge in [-0.2, -0.15) is 0 Å². The van der Waals surface area contributed by atoms with Gasteiger partial charge in [-0.05, 0) is 29.8 Å². The first-order valence-electron chi connectivity index (χ1n) is 12.6. The number of carbonyl (C=O) groups is 5. The Balaban J connectivity index is 1.29. The molecule has 0 radical (unpaired) electrons. The molecule has 0 spiro atoms. The lowest BCUT2D eigenvalue weighted by Gasteiger charge is -2.50. The molecule has 4 atom stereocenters. The number of rotatable bonds is 9. The van der Waals surface area contributed by atoms with Gasteiger partial charge in [0.2, 0.25) is 11.8 Å². The molecule has 3 heterocycles. The van der Waals surface area contributed by atoms with Crippen LogP contribution in [0.5, 0.6) is 5.75 Å². The van der Waals surface area contributed by atoms with Gasteiger partial charge in [0, 0.05) is 30.4 Å². The van der Waals surface area contributed by atoms with E-state index in [4.69, 9.17) is 9.47 Å². The summed E-state index contributed by atoms with van der Waals surface area (Å²) in [5.41, 5.74) is 1.64. The van der Waals surface area contributed by atoms with Gasteiger partial charge in [0.25, 0.3) is 5.91 Å². The zero-order valence-electron chi connectivity index (χ0n) is 21.7. The molecule has 2 fully saturated rings. The van der Waals surface area contributed by atoms with Crippen LogP contribution < -0.4 is 15.0 Å². The number of hydrogen-bond acceptors (Lipinski definition) is 8. The fourth-order valence-corrected chi connectivity index (χ4v) is 6.55. The van der Waals surface area contributed by atoms with Crippen molar-refractivity contribution in [3.05, 3.63) is 71.4 Å². The van der Waals surface area contributed by atoms with Crippen molar-refractivity contribution in [2.45, 2.75) is 30.8 Å². The molecule has 2 aromatic carbocycles. The maximum absolute atomic E-state index is 13.3. The lowest BCUT2D eigenvalue weighted by atomic mass is 9.79. The number of fused-ring (bicyclic) bond motifs is 1. The number of thioether (sulfide) groups is 1. The van der Waals surface area contributed by atoms with Gasteiger partial charge < -0.3 is 24.8 Å². The number of carboxylic acid groups (broad SMARTS) is 1. The molecule has 3 amide bonds. The Morgan fingerprint density at radius 1 is 1.02 bits per heavy atom. The van der Waals surface area contributed by atoms with E-state index in [2.05, 4.69) is 5.32 Å². The average Bonchev–Trinajstić information content (AvgIpc) is 2.96. The summed E-state index contributed by atoms with van der Waals surface area (Å²) in [6.45, 7) is 0.985. The monoisotopic (exact) mass is 565 g/mol. The number of anilines is 1. The van der Waals surface area contributed by atoms with Gasteiger partial charge in [-0.1, -0.05) is 30.3 Å². The number of β-lactam (4-membered cyclic amide) rings is 2. The number of esters is 1. The van der Waals surface area contributed by atoms with Crippen LogP contribution in [-0.2, 0) is 28.7 Å². The first-order valence-corrected chi connectivity index (χ1v) is 13.6. The van der Waals surface area contributed by atoms with Crippen LogP contribution in [0.15, 0.2) is 65.9 Å². The highest BCUT2D eigenvalue weighted by atomic mass is 32.2. The third-order valence-electron chi connectivity index (χ3n) is 7.13. The highest BCUT2D eigenvalue weighted by Crippen LogP contribution is 2.46. The van der Waals surface area contributed by atoms with E-state index in [9.17, 15) is 29.1 Å². The second-order valence-electron chi connectivity index (χ2n) is 9.56. The van der Waals surface area contributed by atoms with E-state index in [1.165, 1.54) is 18.7 Å². The minimum atomic E-state index is -1.31. The van der Waals surface area contributed by atoms with Crippen molar-refractivity contribution in [2.24, 2.45) is 5.92 Å². The summed E-state index contributed by atoms with van der Waals surface area (Å²) in [6.07, 6.45) is -0.133. The Morgan fingerprint density at radius 3 is 2.35 bits per heavy atom. The number of carboxylic acids is 1. The van der Waals surface area contributed by atoms with E-state index >= 15 is 0 Å². The zero-order valence-corrected chi connectivity index (χ0v) is 22.6. The number of nitrogens with one attached hydrogen (secondary N) is 1. The summed E-state index contributed by atoms with van der Waals surface area (Å²) in [5.74, 6) is -2.88. The fourth-order valence-electron chi connectivity index (χ4n) is 5.22. The van der Waals surface area contributed by atoms with Crippen molar-refractivity contribution >= 4 is 47.1 Å². The molecule has 0 aromatic heterocycles. The standard InChI is InChI=1S/C28H27N3O8S/c1-15(32)39-13-17-14-40-27-22(26(35)31(27)24(17)28(36)37)29-21(33)12-20-23(16-6-4-3-5-7-16)30(25(20)34)18-8-10-19(38-2)11-9-18/h3-11,20,22-23,27H,12-14H2,1-2H3,(H,29,33)(H,36,37)/t20?,22-,23?,27-/m1/s1. The second-order valence-corrected chi connectivity index (χ2v) is 10.7. The first kappa shape index (κ1) is 27.3. The molecule has 208 valence electrons. The molecule has 3 aliphatic heterocycles. The topological polar surface area (TPSA) is 143 Å². The van der Waals surface area contributed by atoms with Crippen molar-refractivity contribution in [1.29, 1.82) is 0 Å². The van der Waals surface area contributed by atoms with Gasteiger partial charge in [-0.3, -0.25) is 24.1 Å². The number of aliphatic carboxylic acids is 1. The van der Waals surface area contributed by atoms with E-state index < -0.39 is 41.1 Å². The van der Waals surface area contributed by atoms with Crippen LogP contribution in [-0.4, -0.2) is 70.6 Å². The highest BCUT2D eigenvalue weighted by Gasteiger charge is 2.55. The maximum atomic E-state index is 13.3. The van der Waals surface area contributed by atoms with Crippen LogP contribution in [0.25, 0.3) is 0 Å². The molecule has 2 aromatic rings. The molecule has 3 aliphatic rings. The van der Waals surface area contributed by atoms with E-state index in [0.717, 1.165) is 10.5 Å². The maximum Gasteiger partial charge on any atom is 0.352 e. The van der Waals surface area contributed by atoms with Gasteiger partial charge in [0.05, 0.1) is 19.1 Å². The minimum Gasteiger partial charge on any atom is -0.497 e. The molecule has 0 bridgehead atoms. The van der Waals surface area contributed by atoms with Crippen LogP contribution >= 0.6 is 11.8 Å². The Labute approximate surface area is 234 Å². The number of carbonyl (C=O) groups excluding carboxylic acids is 4.